The molecular formula is C11H11NO2S. The van der Waals surface area contributed by atoms with Crippen molar-refractivity contribution in [2.75, 3.05) is 7.11 Å². The quantitative estimate of drug-likeness (QED) is 0.847. The van der Waals surface area contributed by atoms with E-state index in [0.29, 0.717) is 0 Å². The van der Waals surface area contributed by atoms with Gasteiger partial charge >= 0.3 is 0 Å². The summed E-state index contributed by atoms with van der Waals surface area (Å²) in [6.45, 7) is 1.87. The van der Waals surface area contributed by atoms with E-state index in [1.807, 2.05) is 31.2 Å². The third kappa shape index (κ3) is 1.94. The third-order valence-corrected chi connectivity index (χ3v) is 3.08. The maximum absolute atomic E-state index is 9.58. The second-order valence-corrected chi connectivity index (χ2v) is 4.32. The minimum atomic E-state index is 0.0997. The summed E-state index contributed by atoms with van der Waals surface area (Å²) in [6, 6.07) is 7.55. The van der Waals surface area contributed by atoms with Crippen molar-refractivity contribution in [2.45, 2.75) is 6.92 Å². The van der Waals surface area contributed by atoms with Crippen molar-refractivity contribution in [3.05, 3.63) is 29.3 Å². The maximum Gasteiger partial charge on any atom is 0.230 e. The van der Waals surface area contributed by atoms with E-state index in [1.54, 1.807) is 7.11 Å². The zero-order valence-electron chi connectivity index (χ0n) is 8.52. The van der Waals surface area contributed by atoms with E-state index in [9.17, 15) is 5.11 Å². The molecule has 0 bridgehead atoms. The molecule has 1 aromatic carbocycles. The number of aryl methyl sites for hydroxylation is 1. The average Bonchev–Trinajstić information content (AvgIpc) is 2.58. The number of thiazole rings is 1. The maximum atomic E-state index is 9.58. The van der Waals surface area contributed by atoms with Gasteiger partial charge in [0, 0.05) is 0 Å². The van der Waals surface area contributed by atoms with Crippen LogP contribution in [0.3, 0.4) is 0 Å². The topological polar surface area (TPSA) is 42.4 Å². The van der Waals surface area contributed by atoms with E-state index in [2.05, 4.69) is 4.98 Å². The van der Waals surface area contributed by atoms with Gasteiger partial charge in [-0.3, -0.25) is 0 Å². The lowest BCUT2D eigenvalue weighted by atomic mass is 10.2. The first-order valence-electron chi connectivity index (χ1n) is 4.51. The lowest BCUT2D eigenvalue weighted by molar-refractivity contribution is 0.415. The first-order chi connectivity index (χ1) is 7.20. The Morgan fingerprint density at radius 1 is 1.27 bits per heavy atom. The summed E-state index contributed by atoms with van der Waals surface area (Å²) >= 11 is 1.48. The molecule has 0 saturated carbocycles. The lowest BCUT2D eigenvalue weighted by Gasteiger charge is -2.00. The van der Waals surface area contributed by atoms with Crippen LogP contribution in [0.1, 0.15) is 5.01 Å². The Kier molecular flexibility index (Phi) is 2.60. The van der Waals surface area contributed by atoms with Crippen LogP contribution in [-0.2, 0) is 0 Å². The predicted octanol–water partition coefficient (Wildman–Crippen LogP) is 2.83. The fraction of sp³-hybridized carbons (Fsp3) is 0.182. The molecule has 0 aliphatic rings. The Bertz CT molecular complexity index is 462. The summed E-state index contributed by atoms with van der Waals surface area (Å²) in [4.78, 5) is 4.77. The molecule has 3 nitrogen and oxygen atoms in total. The lowest BCUT2D eigenvalue weighted by Crippen LogP contribution is -1.81. The molecule has 78 valence electrons. The summed E-state index contributed by atoms with van der Waals surface area (Å²) in [6.07, 6.45) is 0. The number of nitrogens with zero attached hydrogens (tertiary/aromatic N) is 1. The van der Waals surface area contributed by atoms with Gasteiger partial charge in [0.2, 0.25) is 5.88 Å². The minimum absolute atomic E-state index is 0.0997. The van der Waals surface area contributed by atoms with Crippen LogP contribution in [0, 0.1) is 6.92 Å². The fourth-order valence-corrected chi connectivity index (χ4v) is 2.16. The van der Waals surface area contributed by atoms with E-state index in [0.717, 1.165) is 21.2 Å². The van der Waals surface area contributed by atoms with Crippen molar-refractivity contribution in [3.8, 4) is 22.1 Å². The zero-order valence-corrected chi connectivity index (χ0v) is 9.34. The summed E-state index contributed by atoms with van der Waals surface area (Å²) in [5, 5.41) is 10.4. The summed E-state index contributed by atoms with van der Waals surface area (Å²) < 4.78 is 5.07. The smallest absolute Gasteiger partial charge is 0.230 e. The Morgan fingerprint density at radius 3 is 2.40 bits per heavy atom. The summed E-state index contributed by atoms with van der Waals surface area (Å²) in [7, 11) is 1.63. The van der Waals surface area contributed by atoms with Crippen LogP contribution in [-0.4, -0.2) is 17.2 Å². The van der Waals surface area contributed by atoms with Crippen LogP contribution in [0.25, 0.3) is 10.4 Å². The number of rotatable bonds is 2. The Labute approximate surface area is 92.0 Å². The molecule has 0 radical (unpaired) electrons. The number of hydrogen-bond donors (Lipinski definition) is 1. The third-order valence-electron chi connectivity index (χ3n) is 2.07. The van der Waals surface area contributed by atoms with E-state index >= 15 is 0 Å². The second kappa shape index (κ2) is 3.90. The van der Waals surface area contributed by atoms with Crippen molar-refractivity contribution in [2.24, 2.45) is 0 Å². The molecule has 0 fully saturated rings. The van der Waals surface area contributed by atoms with Crippen LogP contribution in [0.4, 0.5) is 0 Å². The van der Waals surface area contributed by atoms with E-state index in [-0.39, 0.29) is 5.88 Å². The molecule has 0 saturated heterocycles. The normalized spacial score (nSPS) is 10.3. The monoisotopic (exact) mass is 221 g/mol. The summed E-state index contributed by atoms with van der Waals surface area (Å²) in [5.74, 6) is 0.905. The molecule has 0 unspecified atom stereocenters. The number of benzene rings is 1. The van der Waals surface area contributed by atoms with Crippen LogP contribution in [0.15, 0.2) is 24.3 Å². The van der Waals surface area contributed by atoms with Gasteiger partial charge < -0.3 is 9.84 Å². The van der Waals surface area contributed by atoms with Crippen molar-refractivity contribution in [3.63, 3.8) is 0 Å². The number of aromatic hydroxyl groups is 1. The first-order valence-corrected chi connectivity index (χ1v) is 5.33. The number of methoxy groups -OCH3 is 1. The first kappa shape index (κ1) is 9.98. The SMILES string of the molecule is COc1ccc(-c2sc(C)nc2O)cc1. The highest BCUT2D eigenvalue weighted by atomic mass is 32.1. The van der Waals surface area contributed by atoms with Crippen molar-refractivity contribution in [1.82, 2.24) is 4.98 Å². The van der Waals surface area contributed by atoms with E-state index < -0.39 is 0 Å². The Morgan fingerprint density at radius 2 is 1.93 bits per heavy atom. The van der Waals surface area contributed by atoms with Gasteiger partial charge in [-0.15, -0.1) is 11.3 Å². The van der Waals surface area contributed by atoms with E-state index in [1.165, 1.54) is 11.3 Å². The van der Waals surface area contributed by atoms with Crippen LogP contribution in [0.5, 0.6) is 11.6 Å². The zero-order chi connectivity index (χ0) is 10.8. The van der Waals surface area contributed by atoms with Gasteiger partial charge in [-0.2, -0.15) is 0 Å². The molecule has 0 spiro atoms. The summed E-state index contributed by atoms with van der Waals surface area (Å²) in [5.41, 5.74) is 0.957. The molecule has 15 heavy (non-hydrogen) atoms. The minimum Gasteiger partial charge on any atom is -0.497 e. The Hall–Kier alpha value is -1.55. The highest BCUT2D eigenvalue weighted by Gasteiger charge is 2.09. The van der Waals surface area contributed by atoms with Gasteiger partial charge in [-0.1, -0.05) is 0 Å². The molecule has 1 aromatic heterocycles. The predicted molar refractivity (Wildman–Crippen MR) is 60.5 cm³/mol. The molecule has 4 heteroatoms. The highest BCUT2D eigenvalue weighted by Crippen LogP contribution is 2.34. The van der Waals surface area contributed by atoms with Gasteiger partial charge in [-0.25, -0.2) is 4.98 Å². The number of hydrogen-bond acceptors (Lipinski definition) is 4. The standard InChI is InChI=1S/C11H11NO2S/c1-7-12-11(13)10(15-7)8-3-5-9(14-2)6-4-8/h3-6,13H,1-2H3. The van der Waals surface area contributed by atoms with Gasteiger partial charge in [0.05, 0.1) is 17.0 Å². The number of aromatic nitrogens is 1. The molecule has 0 aliphatic carbocycles. The molecule has 2 rings (SSSR count). The molecule has 1 N–H and O–H groups in total. The van der Waals surface area contributed by atoms with Crippen LogP contribution >= 0.6 is 11.3 Å². The van der Waals surface area contributed by atoms with Crippen molar-refractivity contribution in [1.29, 1.82) is 0 Å². The molecule has 1 heterocycles. The van der Waals surface area contributed by atoms with Crippen LogP contribution in [0.2, 0.25) is 0 Å². The van der Waals surface area contributed by atoms with Gasteiger partial charge in [0.15, 0.2) is 0 Å². The van der Waals surface area contributed by atoms with E-state index in [4.69, 9.17) is 4.74 Å². The highest BCUT2D eigenvalue weighted by molar-refractivity contribution is 7.15. The Balaban J connectivity index is 2.41. The van der Waals surface area contributed by atoms with Crippen molar-refractivity contribution >= 4 is 11.3 Å². The molecule has 0 amide bonds. The molecule has 0 aliphatic heterocycles. The van der Waals surface area contributed by atoms with Gasteiger partial charge in [0.1, 0.15) is 5.75 Å². The second-order valence-electron chi connectivity index (χ2n) is 3.11. The van der Waals surface area contributed by atoms with Crippen LogP contribution < -0.4 is 4.74 Å². The molecular weight excluding hydrogens is 210 g/mol. The number of ether oxygens (including phenoxy) is 1. The van der Waals surface area contributed by atoms with Crippen molar-refractivity contribution < 1.29 is 9.84 Å². The average molecular weight is 221 g/mol. The van der Waals surface area contributed by atoms with Gasteiger partial charge in [0.25, 0.3) is 0 Å². The largest absolute Gasteiger partial charge is 0.497 e. The van der Waals surface area contributed by atoms with Gasteiger partial charge in [-0.05, 0) is 36.8 Å². The fourth-order valence-electron chi connectivity index (χ4n) is 1.35. The molecule has 0 atom stereocenters. The molecule has 2 aromatic rings.